The molecule has 0 aliphatic heterocycles. The van der Waals surface area contributed by atoms with Crippen LogP contribution in [0.3, 0.4) is 0 Å². The van der Waals surface area contributed by atoms with Gasteiger partial charge in [-0.15, -0.1) is 0 Å². The van der Waals surface area contributed by atoms with Gasteiger partial charge in [0.15, 0.2) is 0 Å². The summed E-state index contributed by atoms with van der Waals surface area (Å²) in [5, 5.41) is 9.99. The second kappa shape index (κ2) is 5.42. The van der Waals surface area contributed by atoms with Gasteiger partial charge in [-0.25, -0.2) is 8.78 Å². The molecular formula is C12H7Br2F2NO. The predicted octanol–water partition coefficient (Wildman–Crippen LogP) is 3.97. The number of aliphatic hydroxyl groups excluding tert-OH is 1. The van der Waals surface area contributed by atoms with Crippen molar-refractivity contribution < 1.29 is 13.9 Å². The molecular weight excluding hydrogens is 372 g/mol. The first-order valence-electron chi connectivity index (χ1n) is 4.93. The predicted molar refractivity (Wildman–Crippen MR) is 70.1 cm³/mol. The molecule has 0 aliphatic carbocycles. The van der Waals surface area contributed by atoms with Gasteiger partial charge < -0.3 is 5.11 Å². The summed E-state index contributed by atoms with van der Waals surface area (Å²) < 4.78 is 28.2. The second-order valence-electron chi connectivity index (χ2n) is 3.56. The second-order valence-corrected chi connectivity index (χ2v) is 5.33. The van der Waals surface area contributed by atoms with Gasteiger partial charge in [0.2, 0.25) is 0 Å². The highest BCUT2D eigenvalue weighted by atomic mass is 79.9. The number of hydrogen-bond donors (Lipinski definition) is 1. The van der Waals surface area contributed by atoms with E-state index < -0.39 is 23.3 Å². The highest BCUT2D eigenvalue weighted by molar-refractivity contribution is 9.10. The van der Waals surface area contributed by atoms with Crippen LogP contribution in [0.1, 0.15) is 17.4 Å². The molecule has 1 N–H and O–H groups in total. The zero-order valence-electron chi connectivity index (χ0n) is 8.87. The number of benzene rings is 1. The summed E-state index contributed by atoms with van der Waals surface area (Å²) in [5.41, 5.74) is -0.242. The van der Waals surface area contributed by atoms with E-state index in [1.54, 1.807) is 6.07 Å². The van der Waals surface area contributed by atoms with E-state index in [2.05, 4.69) is 36.8 Å². The topological polar surface area (TPSA) is 33.1 Å². The third kappa shape index (κ3) is 2.60. The van der Waals surface area contributed by atoms with Crippen LogP contribution in [0.25, 0.3) is 0 Å². The summed E-state index contributed by atoms with van der Waals surface area (Å²) in [6.07, 6.45) is 0.00222. The van der Waals surface area contributed by atoms with E-state index in [0.717, 1.165) is 6.07 Å². The number of nitrogens with zero attached hydrogens (tertiary/aromatic N) is 1. The number of halogens is 4. The van der Waals surface area contributed by atoms with Crippen molar-refractivity contribution in [3.8, 4) is 0 Å². The fourth-order valence-electron chi connectivity index (χ4n) is 1.49. The Kier molecular flexibility index (Phi) is 4.09. The van der Waals surface area contributed by atoms with Crippen LogP contribution < -0.4 is 0 Å². The Morgan fingerprint density at radius 3 is 2.44 bits per heavy atom. The van der Waals surface area contributed by atoms with E-state index in [9.17, 15) is 13.9 Å². The molecule has 94 valence electrons. The molecule has 0 saturated heterocycles. The van der Waals surface area contributed by atoms with Crippen molar-refractivity contribution in [1.29, 1.82) is 0 Å². The van der Waals surface area contributed by atoms with Gasteiger partial charge in [-0.2, -0.15) is 0 Å². The monoisotopic (exact) mass is 377 g/mol. The summed E-state index contributed by atoms with van der Waals surface area (Å²) in [6, 6.07) is 5.47. The molecule has 1 aromatic carbocycles. The van der Waals surface area contributed by atoms with Crippen molar-refractivity contribution in [1.82, 2.24) is 4.98 Å². The SMILES string of the molecule is OC(c1ccc(Br)cn1)c1c(F)ccc(Br)c1F. The summed E-state index contributed by atoms with van der Waals surface area (Å²) in [5.74, 6) is -1.64. The Morgan fingerprint density at radius 1 is 1.11 bits per heavy atom. The maximum atomic E-state index is 13.8. The van der Waals surface area contributed by atoms with Crippen LogP contribution in [0, 0.1) is 11.6 Å². The van der Waals surface area contributed by atoms with Gasteiger partial charge in [-0.05, 0) is 56.1 Å². The molecule has 1 heterocycles. The van der Waals surface area contributed by atoms with Crippen LogP contribution in [0.4, 0.5) is 8.78 Å². The van der Waals surface area contributed by atoms with E-state index in [4.69, 9.17) is 0 Å². The molecule has 6 heteroatoms. The third-order valence-electron chi connectivity index (χ3n) is 2.38. The molecule has 0 amide bonds. The fraction of sp³-hybridized carbons (Fsp3) is 0.0833. The van der Waals surface area contributed by atoms with Gasteiger partial charge in [-0.1, -0.05) is 0 Å². The summed E-state index contributed by atoms with van der Waals surface area (Å²) in [6.45, 7) is 0. The van der Waals surface area contributed by atoms with Gasteiger partial charge in [0, 0.05) is 10.7 Å². The number of pyridine rings is 1. The lowest BCUT2D eigenvalue weighted by Crippen LogP contribution is -2.08. The van der Waals surface area contributed by atoms with E-state index >= 15 is 0 Å². The van der Waals surface area contributed by atoms with Crippen LogP contribution in [-0.4, -0.2) is 10.1 Å². The summed E-state index contributed by atoms with van der Waals surface area (Å²) >= 11 is 6.14. The number of aliphatic hydroxyl groups is 1. The number of rotatable bonds is 2. The van der Waals surface area contributed by atoms with Gasteiger partial charge >= 0.3 is 0 Å². The van der Waals surface area contributed by atoms with Crippen LogP contribution in [-0.2, 0) is 0 Å². The lowest BCUT2D eigenvalue weighted by molar-refractivity contribution is 0.204. The first-order valence-corrected chi connectivity index (χ1v) is 6.52. The molecule has 0 fully saturated rings. The molecule has 0 bridgehead atoms. The highest BCUT2D eigenvalue weighted by Crippen LogP contribution is 2.30. The van der Waals surface area contributed by atoms with E-state index in [1.807, 2.05) is 0 Å². The van der Waals surface area contributed by atoms with Gasteiger partial charge in [-0.3, -0.25) is 4.98 Å². The average Bonchev–Trinajstić information content (AvgIpc) is 2.35. The fourth-order valence-corrected chi connectivity index (χ4v) is 2.07. The van der Waals surface area contributed by atoms with E-state index in [-0.39, 0.29) is 10.2 Å². The summed E-state index contributed by atoms with van der Waals surface area (Å²) in [4.78, 5) is 3.92. The zero-order chi connectivity index (χ0) is 13.3. The molecule has 0 saturated carbocycles. The largest absolute Gasteiger partial charge is 0.382 e. The molecule has 1 atom stereocenters. The van der Waals surface area contributed by atoms with Crippen molar-refractivity contribution in [2.45, 2.75) is 6.10 Å². The first-order chi connectivity index (χ1) is 8.50. The van der Waals surface area contributed by atoms with E-state index in [0.29, 0.717) is 4.47 Å². The molecule has 2 rings (SSSR count). The Bertz CT molecular complexity index is 575. The van der Waals surface area contributed by atoms with Crippen molar-refractivity contribution >= 4 is 31.9 Å². The molecule has 0 spiro atoms. The third-order valence-corrected chi connectivity index (χ3v) is 3.46. The van der Waals surface area contributed by atoms with Crippen molar-refractivity contribution in [2.75, 3.05) is 0 Å². The van der Waals surface area contributed by atoms with Gasteiger partial charge in [0.25, 0.3) is 0 Å². The van der Waals surface area contributed by atoms with E-state index in [1.165, 1.54) is 18.3 Å². The molecule has 1 unspecified atom stereocenters. The summed E-state index contributed by atoms with van der Waals surface area (Å²) in [7, 11) is 0. The minimum atomic E-state index is -1.45. The van der Waals surface area contributed by atoms with Gasteiger partial charge in [0.1, 0.15) is 17.7 Å². The molecule has 0 aliphatic rings. The average molecular weight is 379 g/mol. The molecule has 2 nitrogen and oxygen atoms in total. The Hall–Kier alpha value is -0.850. The molecule has 0 radical (unpaired) electrons. The van der Waals surface area contributed by atoms with Crippen molar-refractivity contribution in [3.05, 3.63) is 62.3 Å². The smallest absolute Gasteiger partial charge is 0.146 e. The van der Waals surface area contributed by atoms with Crippen LogP contribution in [0.2, 0.25) is 0 Å². The molecule has 2 aromatic rings. The van der Waals surface area contributed by atoms with Crippen molar-refractivity contribution in [3.63, 3.8) is 0 Å². The maximum Gasteiger partial charge on any atom is 0.146 e. The lowest BCUT2D eigenvalue weighted by Gasteiger charge is -2.13. The zero-order valence-corrected chi connectivity index (χ0v) is 12.0. The standard InChI is InChI=1S/C12H7Br2F2NO/c13-6-1-4-9(17-5-6)12(18)10-8(15)3-2-7(14)11(10)16/h1-5,12,18H. The Labute approximate surface area is 119 Å². The maximum absolute atomic E-state index is 13.8. The molecule has 18 heavy (non-hydrogen) atoms. The molecule has 1 aromatic heterocycles. The minimum Gasteiger partial charge on any atom is -0.382 e. The normalized spacial score (nSPS) is 12.5. The Balaban J connectivity index is 2.49. The first kappa shape index (κ1) is 13.6. The lowest BCUT2D eigenvalue weighted by atomic mass is 10.0. The highest BCUT2D eigenvalue weighted by Gasteiger charge is 2.22. The Morgan fingerprint density at radius 2 is 1.83 bits per heavy atom. The quantitative estimate of drug-likeness (QED) is 0.802. The van der Waals surface area contributed by atoms with Crippen LogP contribution in [0.15, 0.2) is 39.4 Å². The van der Waals surface area contributed by atoms with Crippen LogP contribution in [0.5, 0.6) is 0 Å². The van der Waals surface area contributed by atoms with Crippen LogP contribution >= 0.6 is 31.9 Å². The van der Waals surface area contributed by atoms with Gasteiger partial charge in [0.05, 0.1) is 15.7 Å². The number of aromatic nitrogens is 1. The van der Waals surface area contributed by atoms with Crippen molar-refractivity contribution in [2.24, 2.45) is 0 Å². The minimum absolute atomic E-state index is 0.0926. The number of hydrogen-bond acceptors (Lipinski definition) is 2.